The van der Waals surface area contributed by atoms with Crippen LogP contribution in [0.4, 0.5) is 15.9 Å². The number of hydroxylamine groups is 1. The second kappa shape index (κ2) is 8.39. The number of amidine groups is 1. The highest BCUT2D eigenvalue weighted by atomic mass is 79.9. The van der Waals surface area contributed by atoms with Crippen molar-refractivity contribution in [2.24, 2.45) is 4.99 Å². The van der Waals surface area contributed by atoms with Gasteiger partial charge in [-0.2, -0.15) is 5.26 Å². The summed E-state index contributed by atoms with van der Waals surface area (Å²) in [5.74, 6) is -0.210. The zero-order chi connectivity index (χ0) is 19.2. The molecule has 1 heterocycles. The van der Waals surface area contributed by atoms with Gasteiger partial charge in [0, 0.05) is 6.54 Å². The number of benzene rings is 2. The lowest BCUT2D eigenvalue weighted by Crippen LogP contribution is -2.22. The molecular weight excluding hydrogens is 419 g/mol. The first-order valence-corrected chi connectivity index (χ1v) is 8.39. The van der Waals surface area contributed by atoms with E-state index in [-0.39, 0.29) is 21.8 Å². The fourth-order valence-electron chi connectivity index (χ4n) is 2.16. The molecule has 27 heavy (non-hydrogen) atoms. The Kier molecular flexibility index (Phi) is 5.75. The first-order valence-electron chi connectivity index (χ1n) is 7.60. The molecule has 0 spiro atoms. The molecule has 0 unspecified atom stereocenters. The highest BCUT2D eigenvalue weighted by Crippen LogP contribution is 2.23. The molecule has 2 aromatic carbocycles. The average Bonchev–Trinajstić information content (AvgIpc) is 3.16. The maximum atomic E-state index is 13.3. The number of anilines is 1. The molecule has 0 amide bonds. The third-order valence-electron chi connectivity index (χ3n) is 3.51. The number of hydrogen-bond donors (Lipinski definition) is 3. The van der Waals surface area contributed by atoms with E-state index in [1.807, 2.05) is 11.5 Å². The van der Waals surface area contributed by atoms with Crippen molar-refractivity contribution in [2.45, 2.75) is 6.54 Å². The number of aliphatic imine (C=N–C) groups is 1. The Bertz CT molecular complexity index is 1010. The summed E-state index contributed by atoms with van der Waals surface area (Å²) in [5.41, 5.74) is 3.93. The summed E-state index contributed by atoms with van der Waals surface area (Å²) in [6.07, 6.45) is 0. The Morgan fingerprint density at radius 2 is 2.04 bits per heavy atom. The Morgan fingerprint density at radius 3 is 2.70 bits per heavy atom. The van der Waals surface area contributed by atoms with Crippen molar-refractivity contribution in [3.05, 3.63) is 69.6 Å². The molecule has 1 aromatic heterocycles. The van der Waals surface area contributed by atoms with Gasteiger partial charge >= 0.3 is 0 Å². The molecule has 8 nitrogen and oxygen atoms in total. The van der Waals surface area contributed by atoms with E-state index in [1.165, 1.54) is 18.2 Å². The van der Waals surface area contributed by atoms with Crippen LogP contribution in [0.1, 0.15) is 16.8 Å². The number of nitrogens with one attached hydrogen (secondary N) is 2. The van der Waals surface area contributed by atoms with Crippen molar-refractivity contribution in [3.63, 3.8) is 0 Å². The lowest BCUT2D eigenvalue weighted by molar-refractivity contribution is 0.234. The first kappa shape index (κ1) is 18.5. The lowest BCUT2D eigenvalue weighted by Gasteiger charge is -2.06. The quantitative estimate of drug-likeness (QED) is 0.321. The van der Waals surface area contributed by atoms with E-state index in [0.29, 0.717) is 17.8 Å². The van der Waals surface area contributed by atoms with E-state index in [0.717, 1.165) is 5.56 Å². The van der Waals surface area contributed by atoms with Crippen molar-refractivity contribution in [1.82, 2.24) is 15.8 Å². The number of nitriles is 1. The van der Waals surface area contributed by atoms with Crippen LogP contribution in [0.25, 0.3) is 0 Å². The smallest absolute Gasteiger partial charge is 0.202 e. The lowest BCUT2D eigenvalue weighted by atomic mass is 10.1. The molecule has 0 aliphatic heterocycles. The van der Waals surface area contributed by atoms with Crippen LogP contribution in [0, 0.1) is 17.1 Å². The predicted octanol–water partition coefficient (Wildman–Crippen LogP) is 3.51. The van der Waals surface area contributed by atoms with E-state index in [1.54, 1.807) is 24.3 Å². The summed E-state index contributed by atoms with van der Waals surface area (Å²) >= 11 is 3.08. The van der Waals surface area contributed by atoms with Gasteiger partial charge in [0.05, 0.1) is 21.8 Å². The fourth-order valence-corrected chi connectivity index (χ4v) is 2.52. The van der Waals surface area contributed by atoms with E-state index >= 15 is 0 Å². The molecule has 0 aliphatic carbocycles. The summed E-state index contributed by atoms with van der Waals surface area (Å²) in [6, 6.07) is 13.2. The van der Waals surface area contributed by atoms with E-state index in [4.69, 9.17) is 9.89 Å². The predicted molar refractivity (Wildman–Crippen MR) is 98.0 cm³/mol. The van der Waals surface area contributed by atoms with E-state index in [9.17, 15) is 9.60 Å². The van der Waals surface area contributed by atoms with Crippen molar-refractivity contribution in [3.8, 4) is 6.07 Å². The summed E-state index contributed by atoms with van der Waals surface area (Å²) in [4.78, 5) is 4.18. The van der Waals surface area contributed by atoms with Gasteiger partial charge in [-0.15, -0.1) is 0 Å². The molecule has 3 rings (SSSR count). The van der Waals surface area contributed by atoms with Gasteiger partial charge in [-0.25, -0.2) is 14.0 Å². The summed E-state index contributed by atoms with van der Waals surface area (Å²) < 4.78 is 18.3. The molecule has 0 saturated carbocycles. The van der Waals surface area contributed by atoms with Crippen LogP contribution < -0.4 is 10.8 Å². The second-order valence-corrected chi connectivity index (χ2v) is 6.15. The average molecular weight is 431 g/mol. The van der Waals surface area contributed by atoms with Gasteiger partial charge in [-0.3, -0.25) is 10.7 Å². The Hall–Kier alpha value is -3.29. The van der Waals surface area contributed by atoms with Crippen molar-refractivity contribution >= 4 is 33.3 Å². The molecule has 0 bridgehead atoms. The van der Waals surface area contributed by atoms with E-state index in [2.05, 4.69) is 36.6 Å². The summed E-state index contributed by atoms with van der Waals surface area (Å²) in [5, 5.41) is 28.7. The SMILES string of the molecule is N#Cc1ccc(CNc2nonc2C(=Nc2ccc(F)c(Br)c2)NO)cc1. The maximum absolute atomic E-state index is 13.3. The van der Waals surface area contributed by atoms with Crippen LogP contribution in [-0.2, 0) is 6.54 Å². The Balaban J connectivity index is 1.80. The van der Waals surface area contributed by atoms with Crippen molar-refractivity contribution in [2.75, 3.05) is 5.32 Å². The van der Waals surface area contributed by atoms with Gasteiger partial charge in [0.1, 0.15) is 5.82 Å². The molecule has 0 atom stereocenters. The normalized spacial score (nSPS) is 11.1. The van der Waals surface area contributed by atoms with Gasteiger partial charge in [0.25, 0.3) is 0 Å². The highest BCUT2D eigenvalue weighted by molar-refractivity contribution is 9.10. The molecular formula is C17H12BrFN6O2. The third-order valence-corrected chi connectivity index (χ3v) is 4.11. The largest absolute Gasteiger partial charge is 0.361 e. The number of hydrogen-bond acceptors (Lipinski definition) is 7. The van der Waals surface area contributed by atoms with Crippen molar-refractivity contribution in [1.29, 1.82) is 5.26 Å². The van der Waals surface area contributed by atoms with Gasteiger partial charge in [0.15, 0.2) is 11.5 Å². The number of rotatable bonds is 5. The van der Waals surface area contributed by atoms with E-state index < -0.39 is 5.82 Å². The highest BCUT2D eigenvalue weighted by Gasteiger charge is 2.16. The standard InChI is InChI=1S/C17H12BrFN6O2/c18-13-7-12(5-6-14(13)19)22-17(23-26)15-16(25-27-24-15)21-9-11-3-1-10(8-20)2-4-11/h1-7,26H,9H2,(H,21,25)(H,22,23). The van der Waals surface area contributed by atoms with Gasteiger partial charge < -0.3 is 5.32 Å². The van der Waals surface area contributed by atoms with Gasteiger partial charge in [-0.1, -0.05) is 12.1 Å². The molecule has 3 N–H and O–H groups in total. The molecule has 136 valence electrons. The zero-order valence-electron chi connectivity index (χ0n) is 13.6. The van der Waals surface area contributed by atoms with Gasteiger partial charge in [0.2, 0.25) is 5.82 Å². The number of nitrogens with zero attached hydrogens (tertiary/aromatic N) is 4. The molecule has 0 saturated heterocycles. The van der Waals surface area contributed by atoms with Crippen LogP contribution in [0.15, 0.2) is 56.6 Å². The third kappa shape index (κ3) is 4.46. The summed E-state index contributed by atoms with van der Waals surface area (Å²) in [6.45, 7) is 0.383. The van der Waals surface area contributed by atoms with Crippen LogP contribution in [0.5, 0.6) is 0 Å². The number of halogens is 2. The van der Waals surface area contributed by atoms with Crippen LogP contribution in [0.3, 0.4) is 0 Å². The van der Waals surface area contributed by atoms with Gasteiger partial charge in [-0.05, 0) is 62.1 Å². The topological polar surface area (TPSA) is 119 Å². The Morgan fingerprint density at radius 1 is 1.26 bits per heavy atom. The minimum Gasteiger partial charge on any atom is -0.361 e. The minimum absolute atomic E-state index is 0.0305. The molecule has 0 radical (unpaired) electrons. The summed E-state index contributed by atoms with van der Waals surface area (Å²) in [7, 11) is 0. The van der Waals surface area contributed by atoms with Crippen LogP contribution >= 0.6 is 15.9 Å². The monoisotopic (exact) mass is 430 g/mol. The first-order chi connectivity index (χ1) is 13.1. The molecule has 0 fully saturated rings. The molecule has 3 aromatic rings. The minimum atomic E-state index is -0.430. The maximum Gasteiger partial charge on any atom is 0.202 e. The molecule has 0 aliphatic rings. The second-order valence-electron chi connectivity index (χ2n) is 5.29. The number of aromatic nitrogens is 2. The van der Waals surface area contributed by atoms with Crippen molar-refractivity contribution < 1.29 is 14.2 Å². The Labute approximate surface area is 161 Å². The van der Waals surface area contributed by atoms with Crippen LogP contribution in [0.2, 0.25) is 0 Å². The zero-order valence-corrected chi connectivity index (χ0v) is 15.2. The fraction of sp³-hybridized carbons (Fsp3) is 0.0588. The molecule has 10 heteroatoms. The van der Waals surface area contributed by atoms with Crippen LogP contribution in [-0.4, -0.2) is 21.4 Å².